The van der Waals surface area contributed by atoms with E-state index in [1.807, 2.05) is 12.1 Å². The SMILES string of the molecule is CO/N=C/c1ccc(C(=O)NCCCOC2CCCCC2)cc1. The first-order chi connectivity index (χ1) is 11.3. The van der Waals surface area contributed by atoms with E-state index in [0.29, 0.717) is 18.2 Å². The number of nitrogens with one attached hydrogen (secondary N) is 1. The first-order valence-corrected chi connectivity index (χ1v) is 8.36. The van der Waals surface area contributed by atoms with Crippen molar-refractivity contribution in [3.8, 4) is 0 Å². The number of hydrogen-bond acceptors (Lipinski definition) is 4. The van der Waals surface area contributed by atoms with E-state index in [1.54, 1.807) is 18.3 Å². The van der Waals surface area contributed by atoms with Crippen LogP contribution in [0.5, 0.6) is 0 Å². The summed E-state index contributed by atoms with van der Waals surface area (Å²) >= 11 is 0. The molecule has 0 saturated heterocycles. The molecule has 1 fully saturated rings. The van der Waals surface area contributed by atoms with Gasteiger partial charge in [0.1, 0.15) is 7.11 Å². The summed E-state index contributed by atoms with van der Waals surface area (Å²) < 4.78 is 5.85. The van der Waals surface area contributed by atoms with Crippen LogP contribution in [0.25, 0.3) is 0 Å². The Morgan fingerprint density at radius 1 is 1.26 bits per heavy atom. The predicted molar refractivity (Wildman–Crippen MR) is 90.8 cm³/mol. The second kappa shape index (κ2) is 10.0. The summed E-state index contributed by atoms with van der Waals surface area (Å²) in [6.07, 6.45) is 9.16. The van der Waals surface area contributed by atoms with Gasteiger partial charge in [0.25, 0.3) is 5.91 Å². The fourth-order valence-electron chi connectivity index (χ4n) is 2.69. The van der Waals surface area contributed by atoms with Crippen molar-refractivity contribution in [3.63, 3.8) is 0 Å². The number of rotatable bonds is 8. The normalized spacial score (nSPS) is 15.7. The predicted octanol–water partition coefficient (Wildman–Crippen LogP) is 3.14. The third kappa shape index (κ3) is 6.40. The number of amides is 1. The Kier molecular flexibility index (Phi) is 7.60. The fraction of sp³-hybridized carbons (Fsp3) is 0.556. The molecule has 1 amide bonds. The van der Waals surface area contributed by atoms with E-state index in [2.05, 4.69) is 15.3 Å². The zero-order chi connectivity index (χ0) is 16.3. The molecule has 1 aliphatic rings. The standard InChI is InChI=1S/C18H26N2O3/c1-22-20-14-15-8-10-16(11-9-15)18(21)19-12-5-13-23-17-6-3-2-4-7-17/h8-11,14,17H,2-7,12-13H2,1H3,(H,19,21)/b20-14+. The van der Waals surface area contributed by atoms with Gasteiger partial charge in [0.2, 0.25) is 0 Å². The largest absolute Gasteiger partial charge is 0.399 e. The number of carbonyl (C=O) groups is 1. The van der Waals surface area contributed by atoms with E-state index in [-0.39, 0.29) is 5.91 Å². The summed E-state index contributed by atoms with van der Waals surface area (Å²) in [6, 6.07) is 7.24. The minimum absolute atomic E-state index is 0.0575. The van der Waals surface area contributed by atoms with E-state index >= 15 is 0 Å². The van der Waals surface area contributed by atoms with Crippen molar-refractivity contribution >= 4 is 12.1 Å². The highest BCUT2D eigenvalue weighted by Crippen LogP contribution is 2.20. The summed E-state index contributed by atoms with van der Waals surface area (Å²) in [6.45, 7) is 1.36. The lowest BCUT2D eigenvalue weighted by atomic mass is 9.98. The van der Waals surface area contributed by atoms with Gasteiger partial charge >= 0.3 is 0 Å². The summed E-state index contributed by atoms with van der Waals surface area (Å²) in [4.78, 5) is 16.6. The average Bonchev–Trinajstić information content (AvgIpc) is 2.61. The van der Waals surface area contributed by atoms with Crippen LogP contribution in [0.2, 0.25) is 0 Å². The van der Waals surface area contributed by atoms with Crippen molar-refractivity contribution < 1.29 is 14.4 Å². The zero-order valence-electron chi connectivity index (χ0n) is 13.8. The highest BCUT2D eigenvalue weighted by molar-refractivity contribution is 5.94. The van der Waals surface area contributed by atoms with Crippen LogP contribution in [0.4, 0.5) is 0 Å². The third-order valence-electron chi connectivity index (χ3n) is 3.99. The molecule has 5 nitrogen and oxygen atoms in total. The monoisotopic (exact) mass is 318 g/mol. The molecule has 0 heterocycles. The van der Waals surface area contributed by atoms with Crippen molar-refractivity contribution in [2.75, 3.05) is 20.3 Å². The minimum Gasteiger partial charge on any atom is -0.399 e. The molecule has 126 valence electrons. The van der Waals surface area contributed by atoms with Crippen LogP contribution < -0.4 is 5.32 Å². The number of oxime groups is 1. The molecule has 1 saturated carbocycles. The van der Waals surface area contributed by atoms with E-state index in [9.17, 15) is 4.79 Å². The maximum Gasteiger partial charge on any atom is 0.251 e. The number of ether oxygens (including phenoxy) is 1. The van der Waals surface area contributed by atoms with Gasteiger partial charge in [-0.15, -0.1) is 0 Å². The Hall–Kier alpha value is -1.88. The lowest BCUT2D eigenvalue weighted by Crippen LogP contribution is -2.26. The Labute approximate surface area is 138 Å². The van der Waals surface area contributed by atoms with Crippen LogP contribution in [-0.4, -0.2) is 38.5 Å². The zero-order valence-corrected chi connectivity index (χ0v) is 13.8. The molecule has 23 heavy (non-hydrogen) atoms. The number of nitrogens with zero attached hydrogens (tertiary/aromatic N) is 1. The number of hydrogen-bond donors (Lipinski definition) is 1. The van der Waals surface area contributed by atoms with Gasteiger partial charge in [-0.05, 0) is 37.0 Å². The van der Waals surface area contributed by atoms with Crippen molar-refractivity contribution in [1.82, 2.24) is 5.32 Å². The Bertz CT molecular complexity index is 493. The van der Waals surface area contributed by atoms with Gasteiger partial charge in [-0.2, -0.15) is 0 Å². The lowest BCUT2D eigenvalue weighted by molar-refractivity contribution is 0.0273. The van der Waals surface area contributed by atoms with E-state index in [0.717, 1.165) is 18.6 Å². The first-order valence-electron chi connectivity index (χ1n) is 8.36. The molecule has 0 bridgehead atoms. The van der Waals surface area contributed by atoms with Crippen LogP contribution in [0.1, 0.15) is 54.4 Å². The Morgan fingerprint density at radius 2 is 2.00 bits per heavy atom. The lowest BCUT2D eigenvalue weighted by Gasteiger charge is -2.21. The van der Waals surface area contributed by atoms with Crippen molar-refractivity contribution in [3.05, 3.63) is 35.4 Å². The molecule has 0 aliphatic heterocycles. The summed E-state index contributed by atoms with van der Waals surface area (Å²) in [5.74, 6) is -0.0575. The molecule has 0 atom stereocenters. The minimum atomic E-state index is -0.0575. The highest BCUT2D eigenvalue weighted by atomic mass is 16.6. The summed E-state index contributed by atoms with van der Waals surface area (Å²) in [7, 11) is 1.50. The molecular weight excluding hydrogens is 292 g/mol. The highest BCUT2D eigenvalue weighted by Gasteiger charge is 2.13. The van der Waals surface area contributed by atoms with Crippen molar-refractivity contribution in [2.45, 2.75) is 44.6 Å². The quantitative estimate of drug-likeness (QED) is 0.455. The molecule has 1 aromatic carbocycles. The van der Waals surface area contributed by atoms with Gasteiger partial charge in [-0.25, -0.2) is 0 Å². The maximum absolute atomic E-state index is 12.0. The average molecular weight is 318 g/mol. The Balaban J connectivity index is 1.63. The first kappa shape index (κ1) is 17.5. The van der Waals surface area contributed by atoms with Crippen molar-refractivity contribution in [2.24, 2.45) is 5.16 Å². The second-order valence-electron chi connectivity index (χ2n) is 5.78. The van der Waals surface area contributed by atoms with Crippen molar-refractivity contribution in [1.29, 1.82) is 0 Å². The molecule has 1 aromatic rings. The van der Waals surface area contributed by atoms with Crippen LogP contribution in [0.15, 0.2) is 29.4 Å². The van der Waals surface area contributed by atoms with Gasteiger partial charge in [0.15, 0.2) is 0 Å². The van der Waals surface area contributed by atoms with Gasteiger partial charge in [0.05, 0.1) is 12.3 Å². The number of benzene rings is 1. The molecule has 5 heteroatoms. The van der Waals surface area contributed by atoms with Crippen LogP contribution in [0.3, 0.4) is 0 Å². The topological polar surface area (TPSA) is 59.9 Å². The molecule has 0 radical (unpaired) electrons. The van der Waals surface area contributed by atoms with Crippen LogP contribution in [-0.2, 0) is 9.57 Å². The van der Waals surface area contributed by atoms with E-state index in [4.69, 9.17) is 4.74 Å². The van der Waals surface area contributed by atoms with Gasteiger partial charge in [-0.1, -0.05) is 36.6 Å². The molecular formula is C18H26N2O3. The molecule has 1 aliphatic carbocycles. The Morgan fingerprint density at radius 3 is 2.70 bits per heavy atom. The van der Waals surface area contributed by atoms with Crippen LogP contribution in [0, 0.1) is 0 Å². The van der Waals surface area contributed by atoms with Crippen LogP contribution >= 0.6 is 0 Å². The van der Waals surface area contributed by atoms with Gasteiger partial charge < -0.3 is 14.9 Å². The fourth-order valence-corrected chi connectivity index (χ4v) is 2.69. The summed E-state index contributed by atoms with van der Waals surface area (Å²) in [5, 5.41) is 6.61. The second-order valence-corrected chi connectivity index (χ2v) is 5.78. The molecule has 2 rings (SSSR count). The summed E-state index contributed by atoms with van der Waals surface area (Å²) in [5.41, 5.74) is 1.54. The maximum atomic E-state index is 12.0. The van der Waals surface area contributed by atoms with E-state index in [1.165, 1.54) is 39.2 Å². The van der Waals surface area contributed by atoms with E-state index < -0.39 is 0 Å². The molecule has 0 aromatic heterocycles. The van der Waals surface area contributed by atoms with Gasteiger partial charge in [0, 0.05) is 18.7 Å². The molecule has 0 spiro atoms. The third-order valence-corrected chi connectivity index (χ3v) is 3.99. The van der Waals surface area contributed by atoms with Gasteiger partial charge in [-0.3, -0.25) is 4.79 Å². The molecule has 1 N–H and O–H groups in total. The smallest absolute Gasteiger partial charge is 0.251 e. The molecule has 0 unspecified atom stereocenters. The number of carbonyl (C=O) groups excluding carboxylic acids is 1.